The molecule has 0 spiro atoms. The van der Waals surface area contributed by atoms with Crippen LogP contribution in [-0.2, 0) is 13.0 Å². The third kappa shape index (κ3) is 3.35. The van der Waals surface area contributed by atoms with Gasteiger partial charge in [-0.15, -0.1) is 0 Å². The lowest BCUT2D eigenvalue weighted by Gasteiger charge is -2.28. The summed E-state index contributed by atoms with van der Waals surface area (Å²) in [6, 6.07) is 5.53. The maximum Gasteiger partial charge on any atom is 0.231 e. The maximum absolute atomic E-state index is 13.3. The molecule has 0 amide bonds. The van der Waals surface area contributed by atoms with E-state index in [-0.39, 0.29) is 12.6 Å². The minimum absolute atomic E-state index is 0.0676. The summed E-state index contributed by atoms with van der Waals surface area (Å²) in [5, 5.41) is 0. The lowest BCUT2D eigenvalue weighted by molar-refractivity contribution is 0.104. The second-order valence-corrected chi connectivity index (χ2v) is 7.20. The monoisotopic (exact) mass is 411 g/mol. The Balaban J connectivity index is 1.78. The third-order valence-corrected chi connectivity index (χ3v) is 5.46. The van der Waals surface area contributed by atoms with Crippen LogP contribution < -0.4 is 23.7 Å². The molecule has 0 N–H and O–H groups in total. The number of hydrogen-bond donors (Lipinski definition) is 0. The van der Waals surface area contributed by atoms with Crippen LogP contribution in [0.15, 0.2) is 24.3 Å². The summed E-state index contributed by atoms with van der Waals surface area (Å²) in [6.45, 7) is 1.60. The topological polar surface area (TPSA) is 66.5 Å². The van der Waals surface area contributed by atoms with E-state index < -0.39 is 0 Å². The van der Waals surface area contributed by atoms with Crippen LogP contribution in [-0.4, -0.2) is 52.4 Å². The standard InChI is InChI=1S/C23H25NO6/c1-24-11-10-15-16(12-24)21(28-4)23-22(29-13-30-23)19(15)17(25)9-8-14-6-5-7-18(26-2)20(14)27-3/h5-9H,10-13H2,1-4H3/b9-8+. The second kappa shape index (κ2) is 8.28. The minimum Gasteiger partial charge on any atom is -0.493 e. The first kappa shape index (κ1) is 20.1. The molecule has 0 unspecified atom stereocenters. The SMILES string of the molecule is COc1cccc(/C=C/C(=O)c2c3c(c(OC)c4c2OCO4)CN(C)CC3)c1OC. The molecule has 2 heterocycles. The number of benzene rings is 2. The van der Waals surface area contributed by atoms with Crippen molar-refractivity contribution in [1.29, 1.82) is 0 Å². The van der Waals surface area contributed by atoms with Crippen LogP contribution in [0.3, 0.4) is 0 Å². The summed E-state index contributed by atoms with van der Waals surface area (Å²) in [4.78, 5) is 15.5. The zero-order chi connectivity index (χ0) is 21.3. The predicted octanol–water partition coefficient (Wildman–Crippen LogP) is 3.33. The highest BCUT2D eigenvalue weighted by molar-refractivity contribution is 6.11. The Bertz CT molecular complexity index is 1010. The largest absolute Gasteiger partial charge is 0.493 e. The van der Waals surface area contributed by atoms with Crippen LogP contribution >= 0.6 is 0 Å². The smallest absolute Gasteiger partial charge is 0.231 e. The highest BCUT2D eigenvalue weighted by Crippen LogP contribution is 2.49. The Morgan fingerprint density at radius 3 is 2.53 bits per heavy atom. The Labute approximate surface area is 175 Å². The highest BCUT2D eigenvalue weighted by atomic mass is 16.7. The molecule has 7 nitrogen and oxygen atoms in total. The van der Waals surface area contributed by atoms with Gasteiger partial charge in [0.05, 0.1) is 26.9 Å². The van der Waals surface area contributed by atoms with Crippen molar-refractivity contribution < 1.29 is 28.5 Å². The van der Waals surface area contributed by atoms with Crippen molar-refractivity contribution in [2.75, 3.05) is 41.7 Å². The molecular weight excluding hydrogens is 386 g/mol. The van der Waals surface area contributed by atoms with Gasteiger partial charge in [-0.2, -0.15) is 0 Å². The van der Waals surface area contributed by atoms with Crippen LogP contribution in [0, 0.1) is 0 Å². The van der Waals surface area contributed by atoms with Gasteiger partial charge >= 0.3 is 0 Å². The number of nitrogens with zero attached hydrogens (tertiary/aromatic N) is 1. The van der Waals surface area contributed by atoms with E-state index in [2.05, 4.69) is 4.90 Å². The fraction of sp³-hybridized carbons (Fsp3) is 0.348. The maximum atomic E-state index is 13.3. The summed E-state index contributed by atoms with van der Waals surface area (Å²) in [7, 11) is 6.81. The van der Waals surface area contributed by atoms with Gasteiger partial charge in [0.1, 0.15) is 0 Å². The van der Waals surface area contributed by atoms with Crippen LogP contribution in [0.25, 0.3) is 6.08 Å². The molecule has 2 aliphatic heterocycles. The zero-order valence-electron chi connectivity index (χ0n) is 17.6. The number of para-hydroxylation sites is 1. The van der Waals surface area contributed by atoms with Gasteiger partial charge in [0.2, 0.25) is 12.5 Å². The number of allylic oxidation sites excluding steroid dienone is 1. The van der Waals surface area contributed by atoms with Gasteiger partial charge < -0.3 is 28.6 Å². The molecule has 0 saturated carbocycles. The Hall–Kier alpha value is -3.19. The molecular formula is C23H25NO6. The van der Waals surface area contributed by atoms with E-state index in [9.17, 15) is 4.79 Å². The van der Waals surface area contributed by atoms with Crippen molar-refractivity contribution in [2.45, 2.75) is 13.0 Å². The summed E-state index contributed by atoms with van der Waals surface area (Å²) in [6.07, 6.45) is 4.01. The Kier molecular flexibility index (Phi) is 5.55. The molecule has 0 bridgehead atoms. The summed E-state index contributed by atoms with van der Waals surface area (Å²) < 4.78 is 27.8. The molecule has 30 heavy (non-hydrogen) atoms. The van der Waals surface area contributed by atoms with Gasteiger partial charge in [0, 0.05) is 24.2 Å². The number of fused-ring (bicyclic) bond motifs is 2. The molecule has 0 aromatic heterocycles. The predicted molar refractivity (Wildman–Crippen MR) is 112 cm³/mol. The van der Waals surface area contributed by atoms with E-state index in [1.54, 1.807) is 33.5 Å². The van der Waals surface area contributed by atoms with E-state index in [4.69, 9.17) is 23.7 Å². The number of ketones is 1. The Morgan fingerprint density at radius 1 is 1.03 bits per heavy atom. The van der Waals surface area contributed by atoms with Gasteiger partial charge in [-0.05, 0) is 37.3 Å². The van der Waals surface area contributed by atoms with E-state index in [1.807, 2.05) is 25.2 Å². The number of carbonyl (C=O) groups excluding carboxylic acids is 1. The number of carbonyl (C=O) groups is 1. The molecule has 0 radical (unpaired) electrons. The van der Waals surface area contributed by atoms with Crippen LogP contribution in [0.5, 0.6) is 28.7 Å². The van der Waals surface area contributed by atoms with Crippen LogP contribution in [0.4, 0.5) is 0 Å². The Morgan fingerprint density at radius 2 is 1.80 bits per heavy atom. The van der Waals surface area contributed by atoms with Crippen molar-refractivity contribution in [1.82, 2.24) is 4.90 Å². The lowest BCUT2D eigenvalue weighted by Crippen LogP contribution is -2.28. The number of likely N-dealkylation sites (N-methyl/N-ethyl adjacent to an activating group) is 1. The average Bonchev–Trinajstić information content (AvgIpc) is 3.24. The quantitative estimate of drug-likeness (QED) is 0.534. The number of ether oxygens (including phenoxy) is 5. The van der Waals surface area contributed by atoms with Gasteiger partial charge in [-0.3, -0.25) is 4.79 Å². The molecule has 0 saturated heterocycles. The van der Waals surface area contributed by atoms with Crippen LogP contribution in [0.2, 0.25) is 0 Å². The third-order valence-electron chi connectivity index (χ3n) is 5.46. The molecule has 0 fully saturated rings. The fourth-order valence-electron chi connectivity index (χ4n) is 4.06. The average molecular weight is 411 g/mol. The number of rotatable bonds is 6. The minimum atomic E-state index is -0.148. The van der Waals surface area contributed by atoms with Gasteiger partial charge in [-0.1, -0.05) is 12.1 Å². The lowest BCUT2D eigenvalue weighted by atomic mass is 9.90. The van der Waals surface area contributed by atoms with Crippen LogP contribution in [0.1, 0.15) is 27.0 Å². The normalized spacial score (nSPS) is 15.2. The van der Waals surface area contributed by atoms with E-state index in [1.165, 1.54) is 0 Å². The summed E-state index contributed by atoms with van der Waals surface area (Å²) in [5.41, 5.74) is 3.23. The molecule has 0 aliphatic carbocycles. The fourth-order valence-corrected chi connectivity index (χ4v) is 4.06. The number of hydrogen-bond acceptors (Lipinski definition) is 7. The molecule has 4 rings (SSSR count). The first-order chi connectivity index (χ1) is 14.6. The molecule has 7 heteroatoms. The summed E-state index contributed by atoms with van der Waals surface area (Å²) in [5.74, 6) is 2.65. The highest BCUT2D eigenvalue weighted by Gasteiger charge is 2.34. The molecule has 2 aromatic rings. The van der Waals surface area contributed by atoms with Crippen molar-refractivity contribution in [2.24, 2.45) is 0 Å². The summed E-state index contributed by atoms with van der Waals surface area (Å²) >= 11 is 0. The van der Waals surface area contributed by atoms with E-state index in [0.717, 1.165) is 29.7 Å². The van der Waals surface area contributed by atoms with Crippen molar-refractivity contribution in [3.63, 3.8) is 0 Å². The van der Waals surface area contributed by atoms with Gasteiger partial charge in [0.15, 0.2) is 28.8 Å². The first-order valence-electron chi connectivity index (χ1n) is 9.72. The zero-order valence-corrected chi connectivity index (χ0v) is 17.6. The van der Waals surface area contributed by atoms with Gasteiger partial charge in [-0.25, -0.2) is 0 Å². The molecule has 0 atom stereocenters. The number of methoxy groups -OCH3 is 3. The second-order valence-electron chi connectivity index (χ2n) is 7.20. The molecule has 158 valence electrons. The first-order valence-corrected chi connectivity index (χ1v) is 9.72. The van der Waals surface area contributed by atoms with Crippen molar-refractivity contribution >= 4 is 11.9 Å². The van der Waals surface area contributed by atoms with E-state index in [0.29, 0.717) is 40.9 Å². The molecule has 2 aliphatic rings. The van der Waals surface area contributed by atoms with E-state index >= 15 is 0 Å². The van der Waals surface area contributed by atoms with Crippen molar-refractivity contribution in [3.8, 4) is 28.7 Å². The van der Waals surface area contributed by atoms with Crippen molar-refractivity contribution in [3.05, 3.63) is 46.5 Å². The van der Waals surface area contributed by atoms with Gasteiger partial charge in [0.25, 0.3) is 0 Å². The molecule has 2 aromatic carbocycles.